The van der Waals surface area contributed by atoms with Gasteiger partial charge in [-0.15, -0.1) is 0 Å². The molecule has 3 aromatic rings. The average molecular weight is 296 g/mol. The Labute approximate surface area is 124 Å². The van der Waals surface area contributed by atoms with Crippen molar-refractivity contribution in [3.63, 3.8) is 0 Å². The Morgan fingerprint density at radius 3 is 3.18 bits per heavy atom. The van der Waals surface area contributed by atoms with Crippen LogP contribution in [-0.2, 0) is 6.42 Å². The molecule has 3 N–H and O–H groups in total. The molecule has 110 valence electrons. The van der Waals surface area contributed by atoms with E-state index >= 15 is 0 Å². The van der Waals surface area contributed by atoms with Crippen molar-refractivity contribution < 1.29 is 14.0 Å². The molecule has 7 heteroatoms. The quantitative estimate of drug-likeness (QED) is 0.670. The highest BCUT2D eigenvalue weighted by atomic mass is 16.3. The molecular formula is C15H12N4O3. The first-order chi connectivity index (χ1) is 10.7. The van der Waals surface area contributed by atoms with E-state index in [9.17, 15) is 9.59 Å². The number of anilines is 1. The second-order valence-electron chi connectivity index (χ2n) is 5.08. The molecular weight excluding hydrogens is 284 g/mol. The molecule has 0 radical (unpaired) electrons. The van der Waals surface area contributed by atoms with Crippen molar-refractivity contribution in [2.75, 3.05) is 11.9 Å². The number of H-pyrrole nitrogens is 1. The van der Waals surface area contributed by atoms with Crippen LogP contribution in [0, 0.1) is 0 Å². The van der Waals surface area contributed by atoms with Gasteiger partial charge in [0.05, 0.1) is 22.8 Å². The molecule has 7 nitrogen and oxygen atoms in total. The summed E-state index contributed by atoms with van der Waals surface area (Å²) >= 11 is 0. The van der Waals surface area contributed by atoms with Crippen molar-refractivity contribution >= 4 is 28.4 Å². The maximum absolute atomic E-state index is 12.4. The molecule has 0 unspecified atom stereocenters. The Balaban J connectivity index is 1.65. The number of fused-ring (bicyclic) bond motifs is 2. The van der Waals surface area contributed by atoms with Crippen molar-refractivity contribution in [1.29, 1.82) is 0 Å². The van der Waals surface area contributed by atoms with Crippen molar-refractivity contribution in [2.24, 2.45) is 0 Å². The van der Waals surface area contributed by atoms with Gasteiger partial charge in [-0.1, -0.05) is 0 Å². The predicted molar refractivity (Wildman–Crippen MR) is 78.8 cm³/mol. The van der Waals surface area contributed by atoms with Gasteiger partial charge in [-0.2, -0.15) is 5.10 Å². The van der Waals surface area contributed by atoms with Crippen molar-refractivity contribution in [2.45, 2.75) is 6.42 Å². The average Bonchev–Trinajstić information content (AvgIpc) is 3.13. The molecule has 0 fully saturated rings. The Morgan fingerprint density at radius 2 is 2.27 bits per heavy atom. The molecule has 22 heavy (non-hydrogen) atoms. The molecule has 3 heterocycles. The van der Waals surface area contributed by atoms with E-state index in [0.717, 1.165) is 10.9 Å². The number of nitrogens with zero attached hydrogens (tertiary/aromatic N) is 1. The summed E-state index contributed by atoms with van der Waals surface area (Å²) in [6.45, 7) is 0.525. The molecule has 0 spiro atoms. The number of hydrogen-bond donors (Lipinski definition) is 3. The highest BCUT2D eigenvalue weighted by Crippen LogP contribution is 2.23. The number of hydrogen-bond acceptors (Lipinski definition) is 4. The third kappa shape index (κ3) is 1.95. The fourth-order valence-corrected chi connectivity index (χ4v) is 2.59. The second-order valence-corrected chi connectivity index (χ2v) is 5.08. The van der Waals surface area contributed by atoms with E-state index in [4.69, 9.17) is 4.42 Å². The minimum absolute atomic E-state index is 0.247. The van der Waals surface area contributed by atoms with Crippen LogP contribution >= 0.6 is 0 Å². The lowest BCUT2D eigenvalue weighted by Gasteiger charge is -2.12. The van der Waals surface area contributed by atoms with Gasteiger partial charge in [-0.3, -0.25) is 14.7 Å². The number of aromatic amines is 1. The first-order valence-corrected chi connectivity index (χ1v) is 6.85. The lowest BCUT2D eigenvalue weighted by atomic mass is 10.0. The van der Waals surface area contributed by atoms with Gasteiger partial charge in [0.25, 0.3) is 11.8 Å². The van der Waals surface area contributed by atoms with Gasteiger partial charge in [0.15, 0.2) is 0 Å². The normalized spacial score (nSPS) is 13.7. The van der Waals surface area contributed by atoms with Gasteiger partial charge >= 0.3 is 0 Å². The molecule has 0 bridgehead atoms. The summed E-state index contributed by atoms with van der Waals surface area (Å²) in [5, 5.41) is 13.2. The zero-order valence-electron chi connectivity index (χ0n) is 11.5. The topological polar surface area (TPSA) is 100 Å². The third-order valence-corrected chi connectivity index (χ3v) is 3.68. The Bertz CT molecular complexity index is 893. The monoisotopic (exact) mass is 296 g/mol. The van der Waals surface area contributed by atoms with E-state index in [2.05, 4.69) is 20.8 Å². The molecule has 1 aromatic carbocycles. The highest BCUT2D eigenvalue weighted by Gasteiger charge is 2.27. The maximum Gasteiger partial charge on any atom is 0.259 e. The summed E-state index contributed by atoms with van der Waals surface area (Å²) in [6, 6.07) is 5.42. The van der Waals surface area contributed by atoms with Gasteiger partial charge < -0.3 is 15.1 Å². The van der Waals surface area contributed by atoms with E-state index in [-0.39, 0.29) is 17.4 Å². The largest absolute Gasteiger partial charge is 0.468 e. The number of nitrogens with one attached hydrogen (secondary N) is 3. The molecule has 2 aromatic heterocycles. The summed E-state index contributed by atoms with van der Waals surface area (Å²) in [7, 11) is 0. The van der Waals surface area contributed by atoms with Gasteiger partial charge in [0.2, 0.25) is 0 Å². The molecule has 0 aliphatic carbocycles. The minimum Gasteiger partial charge on any atom is -0.468 e. The van der Waals surface area contributed by atoms with Gasteiger partial charge in [0, 0.05) is 24.0 Å². The summed E-state index contributed by atoms with van der Waals surface area (Å²) in [5.74, 6) is -0.0944. The number of carbonyl (C=O) groups excluding carboxylic acids is 2. The van der Waals surface area contributed by atoms with E-state index < -0.39 is 0 Å². The summed E-state index contributed by atoms with van der Waals surface area (Å²) in [5.41, 5.74) is 2.01. The minimum atomic E-state index is -0.374. The standard InChI is InChI=1S/C15H12N4O3/c20-14(10-7-22-12-3-4-16-15(21)13(10)12)18-9-2-1-8-6-17-19-11(8)5-9/h1-2,5-7H,3-4H2,(H,16,21)(H,17,19)(H,18,20). The summed E-state index contributed by atoms with van der Waals surface area (Å²) in [4.78, 5) is 24.3. The Morgan fingerprint density at radius 1 is 1.36 bits per heavy atom. The van der Waals surface area contributed by atoms with Gasteiger partial charge in [0.1, 0.15) is 12.0 Å². The van der Waals surface area contributed by atoms with E-state index in [0.29, 0.717) is 30.0 Å². The van der Waals surface area contributed by atoms with Crippen LogP contribution < -0.4 is 10.6 Å². The number of rotatable bonds is 2. The third-order valence-electron chi connectivity index (χ3n) is 3.68. The SMILES string of the molecule is O=C(Nc1ccc2cn[nH]c2c1)c1coc2c1C(=O)NCC2. The predicted octanol–water partition coefficient (Wildman–Crippen LogP) is 1.69. The molecule has 1 aliphatic rings. The van der Waals surface area contributed by atoms with E-state index in [1.165, 1.54) is 6.26 Å². The fraction of sp³-hybridized carbons (Fsp3) is 0.133. The highest BCUT2D eigenvalue weighted by molar-refractivity contribution is 6.13. The Hall–Kier alpha value is -3.09. The number of amides is 2. The van der Waals surface area contributed by atoms with Crippen LogP contribution in [0.15, 0.2) is 35.1 Å². The van der Waals surface area contributed by atoms with Crippen LogP contribution in [0.4, 0.5) is 5.69 Å². The van der Waals surface area contributed by atoms with Crippen molar-refractivity contribution in [3.8, 4) is 0 Å². The van der Waals surface area contributed by atoms with Crippen LogP contribution in [0.3, 0.4) is 0 Å². The second kappa shape index (κ2) is 4.73. The van der Waals surface area contributed by atoms with Crippen LogP contribution in [0.1, 0.15) is 26.5 Å². The first kappa shape index (κ1) is 12.6. The maximum atomic E-state index is 12.4. The van der Waals surface area contributed by atoms with Crippen LogP contribution in [0.25, 0.3) is 10.9 Å². The van der Waals surface area contributed by atoms with E-state index in [1.54, 1.807) is 18.3 Å². The lowest BCUT2D eigenvalue weighted by molar-refractivity contribution is 0.0932. The van der Waals surface area contributed by atoms with Crippen LogP contribution in [-0.4, -0.2) is 28.6 Å². The zero-order chi connectivity index (χ0) is 15.1. The van der Waals surface area contributed by atoms with Crippen LogP contribution in [0.5, 0.6) is 0 Å². The number of aromatic nitrogens is 2. The van der Waals surface area contributed by atoms with E-state index in [1.807, 2.05) is 6.07 Å². The summed E-state index contributed by atoms with van der Waals surface area (Å²) in [6.07, 6.45) is 3.63. The molecule has 4 rings (SSSR count). The van der Waals surface area contributed by atoms with Gasteiger partial charge in [-0.25, -0.2) is 0 Å². The molecule has 2 amide bonds. The first-order valence-electron chi connectivity index (χ1n) is 6.85. The summed E-state index contributed by atoms with van der Waals surface area (Å²) < 4.78 is 5.34. The zero-order valence-corrected chi connectivity index (χ0v) is 11.5. The molecule has 0 atom stereocenters. The number of carbonyl (C=O) groups is 2. The lowest BCUT2D eigenvalue weighted by Crippen LogP contribution is -2.32. The van der Waals surface area contributed by atoms with Crippen molar-refractivity contribution in [1.82, 2.24) is 15.5 Å². The molecule has 0 saturated heterocycles. The Kier molecular flexibility index (Phi) is 2.72. The smallest absolute Gasteiger partial charge is 0.259 e. The van der Waals surface area contributed by atoms with Crippen LogP contribution in [0.2, 0.25) is 0 Å². The molecule has 1 aliphatic heterocycles. The molecule has 0 saturated carbocycles. The van der Waals surface area contributed by atoms with Crippen molar-refractivity contribution in [3.05, 3.63) is 47.5 Å². The van der Waals surface area contributed by atoms with Gasteiger partial charge in [-0.05, 0) is 18.2 Å². The fourth-order valence-electron chi connectivity index (χ4n) is 2.59. The number of benzene rings is 1. The number of furan rings is 1.